The lowest BCUT2D eigenvalue weighted by atomic mass is 10.1. The molecule has 142 valence electrons. The van der Waals surface area contributed by atoms with E-state index in [2.05, 4.69) is 5.32 Å². The van der Waals surface area contributed by atoms with Crippen LogP contribution in [0.3, 0.4) is 0 Å². The zero-order chi connectivity index (χ0) is 18.1. The van der Waals surface area contributed by atoms with Gasteiger partial charge in [-0.3, -0.25) is 14.5 Å². The fourth-order valence-electron chi connectivity index (χ4n) is 2.47. The molecule has 1 atom stereocenters. The second-order valence-corrected chi connectivity index (χ2v) is 5.50. The molecule has 8 heteroatoms. The van der Waals surface area contributed by atoms with Crippen molar-refractivity contribution in [1.82, 2.24) is 10.2 Å². The highest BCUT2D eigenvalue weighted by Gasteiger charge is 2.18. The number of halogens is 1. The molecule has 0 radical (unpaired) electrons. The molecule has 7 nitrogen and oxygen atoms in total. The van der Waals surface area contributed by atoms with Crippen molar-refractivity contribution in [2.45, 2.75) is 26.3 Å². The predicted molar refractivity (Wildman–Crippen MR) is 97.7 cm³/mol. The zero-order valence-electron chi connectivity index (χ0n) is 15.1. The number of carboxylic acid groups (broad SMARTS) is 1. The van der Waals surface area contributed by atoms with E-state index in [9.17, 15) is 9.59 Å². The molecule has 0 bridgehead atoms. The van der Waals surface area contributed by atoms with Crippen molar-refractivity contribution in [1.29, 1.82) is 0 Å². The number of ether oxygens (including phenoxy) is 2. The van der Waals surface area contributed by atoms with Crippen LogP contribution in [0.2, 0.25) is 0 Å². The number of nitrogens with one attached hydrogen (secondary N) is 1. The van der Waals surface area contributed by atoms with E-state index < -0.39 is 5.97 Å². The number of hydrogen-bond acceptors (Lipinski definition) is 5. The van der Waals surface area contributed by atoms with E-state index in [-0.39, 0.29) is 37.4 Å². The molecule has 1 rings (SSSR count). The lowest BCUT2D eigenvalue weighted by Gasteiger charge is -2.22. The lowest BCUT2D eigenvalue weighted by molar-refractivity contribution is -0.138. The SMILES string of the molecule is CCCN(CC(=O)O)CC(=O)NC(C)c1cc(OC)ccc1OC.Cl. The number of nitrogens with zero attached hydrogens (tertiary/aromatic N) is 1. The first-order chi connectivity index (χ1) is 11.4. The molecule has 0 aliphatic carbocycles. The van der Waals surface area contributed by atoms with Crippen molar-refractivity contribution in [3.63, 3.8) is 0 Å². The van der Waals surface area contributed by atoms with Gasteiger partial charge in [0, 0.05) is 5.56 Å². The Hall–Kier alpha value is -1.99. The van der Waals surface area contributed by atoms with E-state index in [1.54, 1.807) is 31.3 Å². The van der Waals surface area contributed by atoms with Gasteiger partial charge in [0.15, 0.2) is 0 Å². The lowest BCUT2D eigenvalue weighted by Crippen LogP contribution is -2.41. The van der Waals surface area contributed by atoms with Gasteiger partial charge in [-0.05, 0) is 38.1 Å². The Morgan fingerprint density at radius 1 is 1.24 bits per heavy atom. The summed E-state index contributed by atoms with van der Waals surface area (Å²) in [7, 11) is 3.14. The van der Waals surface area contributed by atoms with E-state index in [4.69, 9.17) is 14.6 Å². The average Bonchev–Trinajstić information content (AvgIpc) is 2.53. The summed E-state index contributed by atoms with van der Waals surface area (Å²) in [5.41, 5.74) is 0.797. The van der Waals surface area contributed by atoms with E-state index in [0.717, 1.165) is 12.0 Å². The first-order valence-corrected chi connectivity index (χ1v) is 7.86. The van der Waals surface area contributed by atoms with Crippen LogP contribution in [0.4, 0.5) is 0 Å². The summed E-state index contributed by atoms with van der Waals surface area (Å²) in [5, 5.41) is 11.8. The summed E-state index contributed by atoms with van der Waals surface area (Å²) in [6.45, 7) is 4.22. The summed E-state index contributed by atoms with van der Waals surface area (Å²) in [6, 6.07) is 5.08. The first-order valence-electron chi connectivity index (χ1n) is 7.86. The Morgan fingerprint density at radius 2 is 1.92 bits per heavy atom. The Balaban J connectivity index is 0.00000576. The van der Waals surface area contributed by atoms with Crippen LogP contribution in [0.1, 0.15) is 31.9 Å². The second-order valence-electron chi connectivity index (χ2n) is 5.50. The summed E-state index contributed by atoms with van der Waals surface area (Å²) >= 11 is 0. The van der Waals surface area contributed by atoms with Gasteiger partial charge in [0.05, 0.1) is 33.4 Å². The van der Waals surface area contributed by atoms with E-state index in [0.29, 0.717) is 18.0 Å². The standard InChI is InChI=1S/C17H26N2O5.ClH/c1-5-8-19(11-17(21)22)10-16(20)18-12(2)14-9-13(23-3)6-7-15(14)24-4;/h6-7,9,12H,5,8,10-11H2,1-4H3,(H,18,20)(H,21,22);1H. The maximum atomic E-state index is 12.2. The van der Waals surface area contributed by atoms with Gasteiger partial charge in [-0.15, -0.1) is 12.4 Å². The number of rotatable bonds is 10. The van der Waals surface area contributed by atoms with Gasteiger partial charge in [-0.25, -0.2) is 0 Å². The van der Waals surface area contributed by atoms with Gasteiger partial charge in [0.2, 0.25) is 5.91 Å². The quantitative estimate of drug-likeness (QED) is 0.652. The van der Waals surface area contributed by atoms with Crippen LogP contribution in [0.25, 0.3) is 0 Å². The number of methoxy groups -OCH3 is 2. The smallest absolute Gasteiger partial charge is 0.317 e. The zero-order valence-corrected chi connectivity index (χ0v) is 15.9. The number of carbonyl (C=O) groups is 2. The number of carbonyl (C=O) groups excluding carboxylic acids is 1. The molecule has 0 heterocycles. The summed E-state index contributed by atoms with van der Waals surface area (Å²) < 4.78 is 10.5. The molecule has 0 aliphatic heterocycles. The van der Waals surface area contributed by atoms with Gasteiger partial charge in [-0.2, -0.15) is 0 Å². The van der Waals surface area contributed by atoms with E-state index >= 15 is 0 Å². The van der Waals surface area contributed by atoms with E-state index in [1.807, 2.05) is 19.9 Å². The number of hydrogen-bond donors (Lipinski definition) is 2. The maximum absolute atomic E-state index is 12.2. The molecule has 1 aromatic rings. The fourth-order valence-corrected chi connectivity index (χ4v) is 2.47. The number of aliphatic carboxylic acids is 1. The van der Waals surface area contributed by atoms with Crippen molar-refractivity contribution in [2.75, 3.05) is 33.9 Å². The van der Waals surface area contributed by atoms with Gasteiger partial charge >= 0.3 is 5.97 Å². The molecular formula is C17H27ClN2O5. The normalized spacial score (nSPS) is 11.4. The van der Waals surface area contributed by atoms with Gasteiger partial charge in [-0.1, -0.05) is 6.92 Å². The highest BCUT2D eigenvalue weighted by Crippen LogP contribution is 2.29. The third-order valence-corrected chi connectivity index (χ3v) is 3.55. The topological polar surface area (TPSA) is 88.1 Å². The highest BCUT2D eigenvalue weighted by atomic mass is 35.5. The Morgan fingerprint density at radius 3 is 2.44 bits per heavy atom. The van der Waals surface area contributed by atoms with E-state index in [1.165, 1.54) is 0 Å². The largest absolute Gasteiger partial charge is 0.497 e. The molecule has 1 amide bonds. The van der Waals surface area contributed by atoms with Gasteiger partial charge in [0.25, 0.3) is 0 Å². The van der Waals surface area contributed by atoms with Crippen molar-refractivity contribution >= 4 is 24.3 Å². The molecule has 2 N–H and O–H groups in total. The van der Waals surface area contributed by atoms with Crippen molar-refractivity contribution < 1.29 is 24.2 Å². The van der Waals surface area contributed by atoms with Gasteiger partial charge in [0.1, 0.15) is 11.5 Å². The van der Waals surface area contributed by atoms with Crippen molar-refractivity contribution in [3.8, 4) is 11.5 Å². The minimum Gasteiger partial charge on any atom is -0.497 e. The third-order valence-electron chi connectivity index (χ3n) is 3.55. The molecular weight excluding hydrogens is 348 g/mol. The van der Waals surface area contributed by atoms with Crippen LogP contribution in [-0.4, -0.2) is 55.7 Å². The van der Waals surface area contributed by atoms with Crippen LogP contribution in [0.15, 0.2) is 18.2 Å². The minimum absolute atomic E-state index is 0. The second kappa shape index (κ2) is 11.5. The van der Waals surface area contributed by atoms with Crippen LogP contribution >= 0.6 is 12.4 Å². The van der Waals surface area contributed by atoms with Crippen molar-refractivity contribution in [3.05, 3.63) is 23.8 Å². The highest BCUT2D eigenvalue weighted by molar-refractivity contribution is 5.85. The predicted octanol–water partition coefficient (Wildman–Crippen LogP) is 2.10. The average molecular weight is 375 g/mol. The van der Waals surface area contributed by atoms with Gasteiger partial charge < -0.3 is 19.9 Å². The molecule has 0 aliphatic rings. The van der Waals surface area contributed by atoms with Crippen LogP contribution in [-0.2, 0) is 9.59 Å². The monoisotopic (exact) mass is 374 g/mol. The molecule has 0 saturated heterocycles. The summed E-state index contributed by atoms with van der Waals surface area (Å²) in [6.07, 6.45) is 0.778. The molecule has 25 heavy (non-hydrogen) atoms. The van der Waals surface area contributed by atoms with Crippen LogP contribution in [0.5, 0.6) is 11.5 Å². The van der Waals surface area contributed by atoms with Crippen LogP contribution < -0.4 is 14.8 Å². The molecule has 0 aromatic heterocycles. The molecule has 1 unspecified atom stereocenters. The minimum atomic E-state index is -0.946. The first kappa shape index (κ1) is 23.0. The Bertz CT molecular complexity index is 568. The van der Waals surface area contributed by atoms with Crippen molar-refractivity contribution in [2.24, 2.45) is 0 Å². The molecule has 1 aromatic carbocycles. The number of benzene rings is 1. The van der Waals surface area contributed by atoms with Crippen LogP contribution in [0, 0.1) is 0 Å². The fraction of sp³-hybridized carbons (Fsp3) is 0.529. The third kappa shape index (κ3) is 7.62. The number of amides is 1. The summed E-state index contributed by atoms with van der Waals surface area (Å²) in [5.74, 6) is 0.144. The molecule has 0 spiro atoms. The molecule has 0 saturated carbocycles. The maximum Gasteiger partial charge on any atom is 0.317 e. The Labute approximate surface area is 154 Å². The Kier molecular flexibility index (Phi) is 10.6. The number of carboxylic acids is 1. The summed E-state index contributed by atoms with van der Waals surface area (Å²) in [4.78, 5) is 24.7. The molecule has 0 fully saturated rings.